The van der Waals surface area contributed by atoms with Crippen LogP contribution >= 0.6 is 0 Å². The van der Waals surface area contributed by atoms with E-state index in [0.717, 1.165) is 6.07 Å². The van der Waals surface area contributed by atoms with E-state index in [4.69, 9.17) is 9.47 Å². The van der Waals surface area contributed by atoms with Crippen LogP contribution in [0.1, 0.15) is 31.1 Å². The fourth-order valence-corrected chi connectivity index (χ4v) is 5.56. The molecule has 2 saturated heterocycles. The Balaban J connectivity index is 1.34. The van der Waals surface area contributed by atoms with Crippen LogP contribution < -0.4 is 25.4 Å². The van der Waals surface area contributed by atoms with Crippen molar-refractivity contribution in [2.24, 2.45) is 0 Å². The highest BCUT2D eigenvalue weighted by Crippen LogP contribution is 2.33. The van der Waals surface area contributed by atoms with Crippen LogP contribution in [0.4, 0.5) is 35.0 Å². The lowest BCUT2D eigenvalue weighted by Crippen LogP contribution is -2.47. The van der Waals surface area contributed by atoms with Crippen LogP contribution in [0.15, 0.2) is 35.3 Å². The molecule has 1 aromatic heterocycles. The van der Waals surface area contributed by atoms with Gasteiger partial charge in [-0.15, -0.1) is 0 Å². The van der Waals surface area contributed by atoms with Gasteiger partial charge in [0.05, 0.1) is 42.0 Å². The lowest BCUT2D eigenvalue weighted by Gasteiger charge is -2.38. The average molecular weight is 616 g/mol. The van der Waals surface area contributed by atoms with Gasteiger partial charge < -0.3 is 29.2 Å². The Morgan fingerprint density at radius 3 is 2.36 bits per heavy atom. The van der Waals surface area contributed by atoms with Gasteiger partial charge in [0.2, 0.25) is 11.3 Å². The van der Waals surface area contributed by atoms with Gasteiger partial charge in [-0.3, -0.25) is 14.5 Å². The fraction of sp³-hybridized carbons (Fsp3) is 0.400. The molecule has 0 spiro atoms. The summed E-state index contributed by atoms with van der Waals surface area (Å²) in [5.74, 6) is -3.58. The van der Waals surface area contributed by atoms with Crippen molar-refractivity contribution >= 4 is 45.9 Å². The number of nitrogens with one attached hydrogen (secondary N) is 1. The molecule has 2 fully saturated rings. The number of ether oxygens (including phenoxy) is 2. The van der Waals surface area contributed by atoms with Crippen molar-refractivity contribution < 1.29 is 37.0 Å². The minimum absolute atomic E-state index is 0.0404. The summed E-state index contributed by atoms with van der Waals surface area (Å²) < 4.78 is 58.2. The molecular weight excluding hydrogens is 583 g/mol. The number of hydrogen-bond donors (Lipinski definition) is 1. The zero-order valence-electron chi connectivity index (χ0n) is 24.5. The maximum Gasteiger partial charge on any atom is 0.414 e. The van der Waals surface area contributed by atoms with E-state index >= 15 is 13.2 Å². The molecular formula is C30H32F3N5O6. The van der Waals surface area contributed by atoms with Crippen molar-refractivity contribution in [3.05, 3.63) is 63.7 Å². The largest absolute Gasteiger partial charge is 0.462 e. The molecule has 0 bridgehead atoms. The van der Waals surface area contributed by atoms with E-state index in [0.29, 0.717) is 5.69 Å². The minimum Gasteiger partial charge on any atom is -0.462 e. The number of benzene rings is 2. The maximum atomic E-state index is 16.0. The third-order valence-electron chi connectivity index (χ3n) is 7.70. The highest BCUT2D eigenvalue weighted by atomic mass is 19.1. The zero-order chi connectivity index (χ0) is 31.7. The SMILES string of the molecule is CCOC(=O)c1cn(CC)c2c(F)c(N3CCN(c4ccc(N5CC(CNC(C)=O)OC5=O)cc4F)CC3)c(F)cc2c1=O. The van der Waals surface area contributed by atoms with Crippen LogP contribution in [-0.4, -0.2) is 74.5 Å². The number of hydrogen-bond acceptors (Lipinski definition) is 8. The smallest absolute Gasteiger partial charge is 0.414 e. The predicted molar refractivity (Wildman–Crippen MR) is 157 cm³/mol. The van der Waals surface area contributed by atoms with Crippen LogP contribution in [0.5, 0.6) is 0 Å². The lowest BCUT2D eigenvalue weighted by molar-refractivity contribution is -0.119. The monoisotopic (exact) mass is 615 g/mol. The molecule has 0 radical (unpaired) electrons. The summed E-state index contributed by atoms with van der Waals surface area (Å²) >= 11 is 0. The highest BCUT2D eigenvalue weighted by molar-refractivity contribution is 5.95. The Hall–Kier alpha value is -4.75. The standard InChI is InChI=1S/C30H32F3N5O6/c1-4-35-16-21(29(41)43-5-2)28(40)20-13-23(32)27(25(33)26(20)35)37-10-8-36(9-11-37)24-7-6-18(12-22(24)31)38-15-19(44-30(38)42)14-34-17(3)39/h6-7,12-13,16,19H,4-5,8-11,14-15H2,1-3H3,(H,34,39). The Bertz CT molecular complexity index is 1690. The molecule has 5 rings (SSSR count). The summed E-state index contributed by atoms with van der Waals surface area (Å²) in [4.78, 5) is 53.3. The summed E-state index contributed by atoms with van der Waals surface area (Å²) in [5, 5.41) is 2.32. The number of aryl methyl sites for hydroxylation is 1. The molecule has 234 valence electrons. The number of halogens is 3. The Morgan fingerprint density at radius 1 is 1.02 bits per heavy atom. The van der Waals surface area contributed by atoms with Gasteiger partial charge >= 0.3 is 12.1 Å². The number of nitrogens with zero attached hydrogens (tertiary/aromatic N) is 4. The Labute approximate surface area is 250 Å². The number of carbonyl (C=O) groups is 3. The molecule has 3 heterocycles. The lowest BCUT2D eigenvalue weighted by atomic mass is 10.1. The van der Waals surface area contributed by atoms with Crippen LogP contribution in [0.25, 0.3) is 10.9 Å². The summed E-state index contributed by atoms with van der Waals surface area (Å²) in [6.45, 7) is 5.97. The minimum atomic E-state index is -0.950. The van der Waals surface area contributed by atoms with E-state index < -0.39 is 41.0 Å². The summed E-state index contributed by atoms with van der Waals surface area (Å²) in [7, 11) is 0. The van der Waals surface area contributed by atoms with Crippen LogP contribution in [-0.2, 0) is 20.8 Å². The summed E-state index contributed by atoms with van der Waals surface area (Å²) in [6.07, 6.45) is 0.0129. The molecule has 44 heavy (non-hydrogen) atoms. The van der Waals surface area contributed by atoms with Crippen LogP contribution in [0.3, 0.4) is 0 Å². The van der Waals surface area contributed by atoms with E-state index in [-0.39, 0.29) is 86.2 Å². The van der Waals surface area contributed by atoms with Gasteiger partial charge in [0.25, 0.3) is 0 Å². The number of aromatic nitrogens is 1. The van der Waals surface area contributed by atoms with Crippen LogP contribution in [0.2, 0.25) is 0 Å². The molecule has 11 nitrogen and oxygen atoms in total. The number of esters is 1. The number of anilines is 3. The van der Waals surface area contributed by atoms with Crippen molar-refractivity contribution in [3.63, 3.8) is 0 Å². The van der Waals surface area contributed by atoms with Gasteiger partial charge in [-0.1, -0.05) is 0 Å². The van der Waals surface area contributed by atoms with Crippen molar-refractivity contribution in [3.8, 4) is 0 Å². The van der Waals surface area contributed by atoms with Crippen molar-refractivity contribution in [2.45, 2.75) is 33.4 Å². The van der Waals surface area contributed by atoms with Gasteiger partial charge in [-0.2, -0.15) is 0 Å². The molecule has 3 aromatic rings. The number of cyclic esters (lactones) is 1. The topological polar surface area (TPSA) is 113 Å². The van der Waals surface area contributed by atoms with Gasteiger partial charge in [0, 0.05) is 45.8 Å². The molecule has 1 atom stereocenters. The normalized spacial score (nSPS) is 16.8. The second-order valence-corrected chi connectivity index (χ2v) is 10.5. The second-order valence-electron chi connectivity index (χ2n) is 10.5. The molecule has 0 saturated carbocycles. The molecule has 0 aliphatic carbocycles. The maximum absolute atomic E-state index is 16.0. The molecule has 1 unspecified atom stereocenters. The van der Waals surface area contributed by atoms with Crippen molar-refractivity contribution in [1.29, 1.82) is 0 Å². The highest BCUT2D eigenvalue weighted by Gasteiger charge is 2.33. The van der Waals surface area contributed by atoms with Gasteiger partial charge in [-0.25, -0.2) is 22.8 Å². The van der Waals surface area contributed by atoms with E-state index in [1.807, 2.05) is 0 Å². The first-order chi connectivity index (χ1) is 21.0. The van der Waals surface area contributed by atoms with Crippen molar-refractivity contribution in [1.82, 2.24) is 9.88 Å². The third-order valence-corrected chi connectivity index (χ3v) is 7.70. The van der Waals surface area contributed by atoms with Gasteiger partial charge in [0.1, 0.15) is 29.0 Å². The molecule has 2 aliphatic rings. The molecule has 2 aliphatic heterocycles. The first-order valence-electron chi connectivity index (χ1n) is 14.3. The predicted octanol–water partition coefficient (Wildman–Crippen LogP) is 3.40. The first-order valence-corrected chi connectivity index (χ1v) is 14.3. The van der Waals surface area contributed by atoms with Gasteiger partial charge in [0.15, 0.2) is 5.82 Å². The van der Waals surface area contributed by atoms with E-state index in [1.54, 1.807) is 24.8 Å². The second kappa shape index (κ2) is 12.5. The number of piperazine rings is 1. The molecule has 2 amide bonds. The number of amides is 2. The van der Waals surface area contributed by atoms with E-state index in [2.05, 4.69) is 5.32 Å². The molecule has 14 heteroatoms. The van der Waals surface area contributed by atoms with Gasteiger partial charge in [-0.05, 0) is 38.1 Å². The number of pyridine rings is 1. The fourth-order valence-electron chi connectivity index (χ4n) is 5.56. The number of rotatable bonds is 8. The van der Waals surface area contributed by atoms with E-state index in [9.17, 15) is 19.2 Å². The summed E-state index contributed by atoms with van der Waals surface area (Å²) in [6, 6.07) is 5.29. The zero-order valence-corrected chi connectivity index (χ0v) is 24.5. The number of fused-ring (bicyclic) bond motifs is 1. The summed E-state index contributed by atoms with van der Waals surface area (Å²) in [5.41, 5.74) is -0.983. The third kappa shape index (κ3) is 5.75. The molecule has 2 aromatic carbocycles. The first kappa shape index (κ1) is 30.7. The Kier molecular flexibility index (Phi) is 8.70. The average Bonchev–Trinajstić information content (AvgIpc) is 3.37. The number of carbonyl (C=O) groups excluding carboxylic acids is 3. The quantitative estimate of drug-likeness (QED) is 0.384. The van der Waals surface area contributed by atoms with E-state index in [1.165, 1.54) is 39.6 Å². The molecule has 1 N–H and O–H groups in total. The Morgan fingerprint density at radius 2 is 1.73 bits per heavy atom. The van der Waals surface area contributed by atoms with Crippen LogP contribution in [0, 0.1) is 17.5 Å². The van der Waals surface area contributed by atoms with Crippen molar-refractivity contribution in [2.75, 3.05) is 60.6 Å².